The maximum atomic E-state index is 5.94. The topological polar surface area (TPSA) is 67.8 Å². The van der Waals surface area contributed by atoms with Gasteiger partial charge in [-0.3, -0.25) is 4.99 Å². The Morgan fingerprint density at radius 2 is 2.12 bits per heavy atom. The van der Waals surface area contributed by atoms with E-state index in [0.717, 1.165) is 41.9 Å². The van der Waals surface area contributed by atoms with Crippen LogP contribution in [0.2, 0.25) is 0 Å². The van der Waals surface area contributed by atoms with Crippen LogP contribution in [0.25, 0.3) is 0 Å². The molecule has 0 spiro atoms. The summed E-state index contributed by atoms with van der Waals surface area (Å²) in [5.41, 5.74) is 0. The third-order valence-electron chi connectivity index (χ3n) is 3.87. The van der Waals surface area contributed by atoms with Crippen molar-refractivity contribution in [2.24, 2.45) is 4.99 Å². The minimum absolute atomic E-state index is 0. The largest absolute Gasteiger partial charge is 0.486 e. The zero-order chi connectivity index (χ0) is 17.5. The summed E-state index contributed by atoms with van der Waals surface area (Å²) in [5, 5.41) is 7.76. The summed E-state index contributed by atoms with van der Waals surface area (Å²) in [6.45, 7) is 4.10. The highest BCUT2D eigenvalue weighted by Gasteiger charge is 2.20. The molecule has 0 saturated heterocycles. The molecule has 1 atom stereocenters. The number of fused-ring (bicyclic) bond motifs is 1. The van der Waals surface area contributed by atoms with Crippen molar-refractivity contribution in [2.75, 3.05) is 26.7 Å². The molecule has 2 N–H and O–H groups in total. The fourth-order valence-corrected chi connectivity index (χ4v) is 3.37. The molecular weight excluding hydrogens is 463 g/mol. The number of aromatic nitrogens is 1. The predicted octanol–water partition coefficient (Wildman–Crippen LogP) is 2.87. The van der Waals surface area contributed by atoms with Gasteiger partial charge in [-0.15, -0.1) is 35.3 Å². The van der Waals surface area contributed by atoms with Gasteiger partial charge < -0.3 is 20.1 Å². The summed E-state index contributed by atoms with van der Waals surface area (Å²) in [6.07, 6.45) is 3.85. The minimum atomic E-state index is -0.0421. The summed E-state index contributed by atoms with van der Waals surface area (Å²) < 4.78 is 11.7. The first-order valence-corrected chi connectivity index (χ1v) is 9.36. The molecule has 1 unspecified atom stereocenters. The second kappa shape index (κ2) is 10.6. The summed E-state index contributed by atoms with van der Waals surface area (Å²) >= 11 is 1.77. The lowest BCUT2D eigenvalue weighted by atomic mass is 10.2. The van der Waals surface area contributed by atoms with Crippen molar-refractivity contribution in [1.82, 2.24) is 15.6 Å². The Hall–Kier alpha value is -1.55. The van der Waals surface area contributed by atoms with E-state index in [0.29, 0.717) is 13.2 Å². The summed E-state index contributed by atoms with van der Waals surface area (Å²) in [4.78, 5) is 10.0. The van der Waals surface area contributed by atoms with E-state index >= 15 is 0 Å². The van der Waals surface area contributed by atoms with Gasteiger partial charge in [-0.25, -0.2) is 4.98 Å². The van der Waals surface area contributed by atoms with E-state index < -0.39 is 0 Å². The Morgan fingerprint density at radius 1 is 1.31 bits per heavy atom. The molecule has 0 saturated carbocycles. The zero-order valence-electron chi connectivity index (χ0n) is 15.0. The molecule has 142 valence electrons. The Balaban J connectivity index is 0.00000243. The van der Waals surface area contributed by atoms with Crippen molar-refractivity contribution in [3.63, 3.8) is 0 Å². The lowest BCUT2D eigenvalue weighted by Crippen LogP contribution is -2.45. The molecule has 0 radical (unpaired) electrons. The van der Waals surface area contributed by atoms with Crippen LogP contribution < -0.4 is 20.1 Å². The van der Waals surface area contributed by atoms with E-state index in [9.17, 15) is 0 Å². The smallest absolute Gasteiger partial charge is 0.191 e. The SMILES string of the molecule is CCc1cnc(CCNC(=NC)NCC2COc3ccccc3O2)s1.I. The third-order valence-corrected chi connectivity index (χ3v) is 5.07. The molecule has 0 fully saturated rings. The third kappa shape index (κ3) is 5.73. The maximum absolute atomic E-state index is 5.94. The van der Waals surface area contributed by atoms with E-state index in [4.69, 9.17) is 9.47 Å². The van der Waals surface area contributed by atoms with E-state index in [2.05, 4.69) is 27.5 Å². The van der Waals surface area contributed by atoms with Crippen molar-refractivity contribution >= 4 is 41.3 Å². The van der Waals surface area contributed by atoms with Crippen molar-refractivity contribution in [2.45, 2.75) is 25.9 Å². The van der Waals surface area contributed by atoms with Crippen LogP contribution in [0.3, 0.4) is 0 Å². The standard InChI is InChI=1S/C18H24N4O2S.HI/c1-3-14-11-21-17(25-14)8-9-20-18(19-2)22-10-13-12-23-15-6-4-5-7-16(15)24-13;/h4-7,11,13H,3,8-10,12H2,1-2H3,(H2,19,20,22);1H. The molecule has 2 aromatic rings. The highest BCUT2D eigenvalue weighted by atomic mass is 127. The fraction of sp³-hybridized carbons (Fsp3) is 0.444. The molecule has 1 aliphatic heterocycles. The number of hydrogen-bond donors (Lipinski definition) is 2. The van der Waals surface area contributed by atoms with E-state index in [1.807, 2.05) is 30.5 Å². The zero-order valence-corrected chi connectivity index (χ0v) is 18.2. The monoisotopic (exact) mass is 488 g/mol. The lowest BCUT2D eigenvalue weighted by molar-refractivity contribution is 0.0936. The first-order valence-electron chi connectivity index (χ1n) is 8.55. The van der Waals surface area contributed by atoms with Crippen LogP contribution in [0.1, 0.15) is 16.8 Å². The predicted molar refractivity (Wildman–Crippen MR) is 116 cm³/mol. The number of nitrogens with one attached hydrogen (secondary N) is 2. The second-order valence-corrected chi connectivity index (χ2v) is 6.90. The van der Waals surface area contributed by atoms with Crippen LogP contribution in [0.5, 0.6) is 11.5 Å². The molecule has 0 aliphatic carbocycles. The van der Waals surface area contributed by atoms with Gasteiger partial charge in [-0.05, 0) is 18.6 Å². The summed E-state index contributed by atoms with van der Waals surface area (Å²) in [7, 11) is 1.77. The first kappa shape index (κ1) is 20.8. The number of aryl methyl sites for hydroxylation is 1. The number of rotatable bonds is 6. The van der Waals surface area contributed by atoms with Crippen LogP contribution >= 0.6 is 35.3 Å². The van der Waals surface area contributed by atoms with Crippen molar-refractivity contribution in [3.8, 4) is 11.5 Å². The Kier molecular flexibility index (Phi) is 8.43. The molecule has 2 heterocycles. The molecular formula is C18H25IN4O2S. The summed E-state index contributed by atoms with van der Waals surface area (Å²) in [6, 6.07) is 7.73. The average molecular weight is 488 g/mol. The number of para-hydroxylation sites is 2. The maximum Gasteiger partial charge on any atom is 0.191 e. The number of thiazole rings is 1. The van der Waals surface area contributed by atoms with Crippen molar-refractivity contribution < 1.29 is 9.47 Å². The molecule has 1 aliphatic rings. The molecule has 6 nitrogen and oxygen atoms in total. The minimum Gasteiger partial charge on any atom is -0.486 e. The second-order valence-electron chi connectivity index (χ2n) is 5.70. The molecule has 26 heavy (non-hydrogen) atoms. The van der Waals surface area contributed by atoms with E-state index in [1.165, 1.54) is 4.88 Å². The van der Waals surface area contributed by atoms with Gasteiger partial charge in [0.25, 0.3) is 0 Å². The molecule has 1 aromatic carbocycles. The van der Waals surface area contributed by atoms with E-state index in [1.54, 1.807) is 18.4 Å². The lowest BCUT2D eigenvalue weighted by Gasteiger charge is -2.27. The van der Waals surface area contributed by atoms with Gasteiger partial charge in [-0.2, -0.15) is 0 Å². The van der Waals surface area contributed by atoms with Crippen LogP contribution in [0, 0.1) is 0 Å². The average Bonchev–Trinajstić information content (AvgIpc) is 3.12. The van der Waals surface area contributed by atoms with Gasteiger partial charge in [-0.1, -0.05) is 19.1 Å². The molecule has 0 amide bonds. The van der Waals surface area contributed by atoms with Crippen LogP contribution in [0.15, 0.2) is 35.5 Å². The van der Waals surface area contributed by atoms with Gasteiger partial charge in [0.2, 0.25) is 0 Å². The molecule has 3 rings (SSSR count). The van der Waals surface area contributed by atoms with Gasteiger partial charge in [0, 0.05) is 31.1 Å². The van der Waals surface area contributed by atoms with Crippen molar-refractivity contribution in [3.05, 3.63) is 40.3 Å². The number of nitrogens with zero attached hydrogens (tertiary/aromatic N) is 2. The molecule has 0 bridgehead atoms. The summed E-state index contributed by atoms with van der Waals surface area (Å²) in [5.74, 6) is 2.35. The van der Waals surface area contributed by atoms with Crippen molar-refractivity contribution in [1.29, 1.82) is 0 Å². The molecule has 8 heteroatoms. The highest BCUT2D eigenvalue weighted by molar-refractivity contribution is 14.0. The van der Waals surface area contributed by atoms with Gasteiger partial charge in [0.15, 0.2) is 17.5 Å². The van der Waals surface area contributed by atoms with E-state index in [-0.39, 0.29) is 30.1 Å². The Bertz CT molecular complexity index is 723. The number of aliphatic imine (C=N–C) groups is 1. The highest BCUT2D eigenvalue weighted by Crippen LogP contribution is 2.30. The number of ether oxygens (including phenoxy) is 2. The van der Waals surface area contributed by atoms with Gasteiger partial charge in [0.1, 0.15) is 12.7 Å². The Labute approximate surface area is 175 Å². The number of guanidine groups is 1. The number of halogens is 1. The fourth-order valence-electron chi connectivity index (χ4n) is 2.51. The van der Waals surface area contributed by atoms with Crippen LogP contribution in [-0.4, -0.2) is 43.8 Å². The Morgan fingerprint density at radius 3 is 2.85 bits per heavy atom. The normalized spacial score (nSPS) is 15.9. The molecule has 1 aromatic heterocycles. The number of benzene rings is 1. The quantitative estimate of drug-likeness (QED) is 0.372. The van der Waals surface area contributed by atoms with Crippen LogP contribution in [-0.2, 0) is 12.8 Å². The van der Waals surface area contributed by atoms with Crippen LogP contribution in [0.4, 0.5) is 0 Å². The van der Waals surface area contributed by atoms with Gasteiger partial charge >= 0.3 is 0 Å². The number of hydrogen-bond acceptors (Lipinski definition) is 5. The van der Waals surface area contributed by atoms with Gasteiger partial charge in [0.05, 0.1) is 11.6 Å². The first-order chi connectivity index (χ1) is 12.3.